The fourth-order valence-corrected chi connectivity index (χ4v) is 1.70. The molecule has 2 N–H and O–H groups in total. The van der Waals surface area contributed by atoms with Crippen molar-refractivity contribution in [3.63, 3.8) is 0 Å². The van der Waals surface area contributed by atoms with Crippen LogP contribution in [0, 0.1) is 0 Å². The number of nitrogens with zero attached hydrogens (tertiary/aromatic N) is 2. The Kier molecular flexibility index (Phi) is 2.70. The highest BCUT2D eigenvalue weighted by Gasteiger charge is 2.32. The number of hydrogen-bond acceptors (Lipinski definition) is 5. The second-order valence-electron chi connectivity index (χ2n) is 3.59. The van der Waals surface area contributed by atoms with Crippen molar-refractivity contribution in [2.24, 2.45) is 0 Å². The molecule has 1 amide bonds. The third kappa shape index (κ3) is 1.86. The van der Waals surface area contributed by atoms with E-state index in [2.05, 4.69) is 10.5 Å². The minimum atomic E-state index is -0.526. The number of rotatable bonds is 2. The Hall–Kier alpha value is -1.40. The van der Waals surface area contributed by atoms with Gasteiger partial charge in [-0.1, -0.05) is 5.16 Å². The van der Waals surface area contributed by atoms with E-state index in [4.69, 9.17) is 4.52 Å². The summed E-state index contributed by atoms with van der Waals surface area (Å²) in [6.07, 6.45) is 0.895. The molecule has 2 rings (SSSR count). The third-order valence-electron chi connectivity index (χ3n) is 2.62. The highest BCUT2D eigenvalue weighted by atomic mass is 16.5. The average molecular weight is 211 g/mol. The summed E-state index contributed by atoms with van der Waals surface area (Å²) in [5, 5.41) is 16.1. The van der Waals surface area contributed by atoms with E-state index in [-0.39, 0.29) is 17.7 Å². The normalized spacial score (nSPS) is 25.5. The van der Waals surface area contributed by atoms with Gasteiger partial charge in [-0.05, 0) is 0 Å². The molecule has 6 heteroatoms. The van der Waals surface area contributed by atoms with E-state index < -0.39 is 6.10 Å². The van der Waals surface area contributed by atoms with Gasteiger partial charge in [0.1, 0.15) is 0 Å². The van der Waals surface area contributed by atoms with Gasteiger partial charge in [-0.3, -0.25) is 4.79 Å². The molecule has 2 atom stereocenters. The second-order valence-corrected chi connectivity index (χ2v) is 3.59. The molecule has 0 unspecified atom stereocenters. The first-order valence-corrected chi connectivity index (χ1v) is 4.77. The SMILES string of the molecule is CN(C(=O)c1ccno1)[C@@H]1CNC[C@H]1O. The number of hydrogen-bond donors (Lipinski definition) is 2. The zero-order valence-corrected chi connectivity index (χ0v) is 8.38. The number of aliphatic hydroxyl groups is 1. The van der Waals surface area contributed by atoms with Crippen molar-refractivity contribution in [1.29, 1.82) is 0 Å². The molecule has 1 aromatic rings. The van der Waals surface area contributed by atoms with Crippen LogP contribution in [0.4, 0.5) is 0 Å². The maximum absolute atomic E-state index is 11.8. The quantitative estimate of drug-likeness (QED) is 0.661. The molecule has 1 aliphatic heterocycles. The Morgan fingerprint density at radius 1 is 1.73 bits per heavy atom. The second kappa shape index (κ2) is 4.00. The molecule has 1 saturated heterocycles. The van der Waals surface area contributed by atoms with E-state index in [0.717, 1.165) is 0 Å². The molecular weight excluding hydrogens is 198 g/mol. The summed E-state index contributed by atoms with van der Waals surface area (Å²) in [5.74, 6) is -0.0724. The maximum atomic E-state index is 11.8. The Balaban J connectivity index is 2.07. The Morgan fingerprint density at radius 3 is 3.07 bits per heavy atom. The summed E-state index contributed by atoms with van der Waals surface area (Å²) < 4.78 is 4.77. The fourth-order valence-electron chi connectivity index (χ4n) is 1.70. The predicted octanol–water partition coefficient (Wildman–Crippen LogP) is -0.921. The van der Waals surface area contributed by atoms with Gasteiger partial charge in [0.15, 0.2) is 0 Å². The number of aliphatic hydroxyl groups excluding tert-OH is 1. The highest BCUT2D eigenvalue weighted by molar-refractivity contribution is 5.91. The Morgan fingerprint density at radius 2 is 2.53 bits per heavy atom. The Labute approximate surface area is 86.8 Å². The largest absolute Gasteiger partial charge is 0.390 e. The zero-order chi connectivity index (χ0) is 10.8. The molecule has 0 aromatic carbocycles. The fraction of sp³-hybridized carbons (Fsp3) is 0.556. The van der Waals surface area contributed by atoms with E-state index in [0.29, 0.717) is 13.1 Å². The van der Waals surface area contributed by atoms with Crippen molar-refractivity contribution in [1.82, 2.24) is 15.4 Å². The lowest BCUT2D eigenvalue weighted by Crippen LogP contribution is -2.44. The number of aromatic nitrogens is 1. The highest BCUT2D eigenvalue weighted by Crippen LogP contribution is 2.11. The summed E-state index contributed by atoms with van der Waals surface area (Å²) in [6.45, 7) is 1.11. The Bertz CT molecular complexity index is 338. The molecule has 0 radical (unpaired) electrons. The summed E-state index contributed by atoms with van der Waals surface area (Å²) in [4.78, 5) is 13.3. The minimum Gasteiger partial charge on any atom is -0.390 e. The lowest BCUT2D eigenvalue weighted by atomic mass is 10.2. The monoisotopic (exact) mass is 211 g/mol. The van der Waals surface area contributed by atoms with Crippen molar-refractivity contribution in [2.75, 3.05) is 20.1 Å². The van der Waals surface area contributed by atoms with Crippen molar-refractivity contribution in [3.8, 4) is 0 Å². The first-order valence-electron chi connectivity index (χ1n) is 4.77. The van der Waals surface area contributed by atoms with Crippen LogP contribution in [-0.2, 0) is 0 Å². The van der Waals surface area contributed by atoms with Gasteiger partial charge < -0.3 is 19.8 Å². The van der Waals surface area contributed by atoms with Crippen LogP contribution in [0.2, 0.25) is 0 Å². The van der Waals surface area contributed by atoms with Gasteiger partial charge in [0.2, 0.25) is 5.76 Å². The van der Waals surface area contributed by atoms with Crippen LogP contribution in [0.1, 0.15) is 10.6 Å². The van der Waals surface area contributed by atoms with Crippen molar-refractivity contribution in [3.05, 3.63) is 18.0 Å². The molecule has 1 aromatic heterocycles. The summed E-state index contributed by atoms with van der Waals surface area (Å²) in [5.41, 5.74) is 0. The molecule has 0 bridgehead atoms. The van der Waals surface area contributed by atoms with Gasteiger partial charge in [0, 0.05) is 26.2 Å². The number of carbonyl (C=O) groups is 1. The van der Waals surface area contributed by atoms with Gasteiger partial charge in [-0.15, -0.1) is 0 Å². The van der Waals surface area contributed by atoms with Gasteiger partial charge in [0.05, 0.1) is 18.3 Å². The van der Waals surface area contributed by atoms with Crippen LogP contribution >= 0.6 is 0 Å². The van der Waals surface area contributed by atoms with Crippen LogP contribution in [0.3, 0.4) is 0 Å². The van der Waals surface area contributed by atoms with Gasteiger partial charge in [0.25, 0.3) is 5.91 Å². The summed E-state index contributed by atoms with van der Waals surface area (Å²) >= 11 is 0. The molecule has 1 fully saturated rings. The van der Waals surface area contributed by atoms with Crippen LogP contribution < -0.4 is 5.32 Å². The van der Waals surface area contributed by atoms with E-state index in [1.807, 2.05) is 0 Å². The first kappa shape index (κ1) is 10.1. The van der Waals surface area contributed by atoms with Gasteiger partial charge >= 0.3 is 0 Å². The number of likely N-dealkylation sites (N-methyl/N-ethyl adjacent to an activating group) is 1. The van der Waals surface area contributed by atoms with E-state index in [1.54, 1.807) is 7.05 Å². The predicted molar refractivity (Wildman–Crippen MR) is 51.3 cm³/mol. The number of nitrogens with one attached hydrogen (secondary N) is 1. The van der Waals surface area contributed by atoms with Gasteiger partial charge in [-0.2, -0.15) is 0 Å². The van der Waals surface area contributed by atoms with Crippen LogP contribution in [-0.4, -0.2) is 53.4 Å². The topological polar surface area (TPSA) is 78.6 Å². The minimum absolute atomic E-state index is 0.191. The first-order chi connectivity index (χ1) is 7.20. The van der Waals surface area contributed by atoms with Crippen LogP contribution in [0.5, 0.6) is 0 Å². The van der Waals surface area contributed by atoms with Gasteiger partial charge in [-0.25, -0.2) is 0 Å². The smallest absolute Gasteiger partial charge is 0.292 e. The molecule has 82 valence electrons. The van der Waals surface area contributed by atoms with E-state index in [1.165, 1.54) is 17.2 Å². The van der Waals surface area contributed by atoms with E-state index >= 15 is 0 Å². The molecule has 0 spiro atoms. The molecule has 1 aliphatic rings. The average Bonchev–Trinajstić information content (AvgIpc) is 2.85. The molecule has 0 aliphatic carbocycles. The summed E-state index contributed by atoms with van der Waals surface area (Å²) in [7, 11) is 1.64. The standard InChI is InChI=1S/C9H13N3O3/c1-12(6-4-10-5-7(6)13)9(14)8-2-3-11-15-8/h2-3,6-7,10,13H,4-5H2,1H3/t6-,7-/m1/s1. The van der Waals surface area contributed by atoms with Crippen LogP contribution in [0.25, 0.3) is 0 Å². The molecule has 2 heterocycles. The van der Waals surface area contributed by atoms with Crippen molar-refractivity contribution < 1.29 is 14.4 Å². The lowest BCUT2D eigenvalue weighted by Gasteiger charge is -2.25. The number of β-amino-alcohol motifs (C(OH)–C–C–N with tert-alkyl or cyclic N) is 1. The van der Waals surface area contributed by atoms with E-state index in [9.17, 15) is 9.90 Å². The number of carbonyl (C=O) groups excluding carboxylic acids is 1. The third-order valence-corrected chi connectivity index (χ3v) is 2.62. The zero-order valence-electron chi connectivity index (χ0n) is 8.38. The molecule has 0 saturated carbocycles. The molecule has 15 heavy (non-hydrogen) atoms. The number of amides is 1. The summed E-state index contributed by atoms with van der Waals surface area (Å²) in [6, 6.07) is 1.30. The van der Waals surface area contributed by atoms with Crippen molar-refractivity contribution in [2.45, 2.75) is 12.1 Å². The lowest BCUT2D eigenvalue weighted by molar-refractivity contribution is 0.0544. The van der Waals surface area contributed by atoms with Crippen LogP contribution in [0.15, 0.2) is 16.8 Å². The van der Waals surface area contributed by atoms with Crippen molar-refractivity contribution >= 4 is 5.91 Å². The molecule has 6 nitrogen and oxygen atoms in total. The maximum Gasteiger partial charge on any atom is 0.292 e. The molecular formula is C9H13N3O3.